The van der Waals surface area contributed by atoms with Crippen molar-refractivity contribution in [3.8, 4) is 0 Å². The molecule has 0 saturated carbocycles. The largest absolute Gasteiger partial charge is 0.465 e. The number of carbonyl (C=O) groups excluding carboxylic acids is 1. The molecular formula is C13H11FO2S. The van der Waals surface area contributed by atoms with Crippen LogP contribution in [0.5, 0.6) is 0 Å². The van der Waals surface area contributed by atoms with Crippen LogP contribution in [0.3, 0.4) is 0 Å². The summed E-state index contributed by atoms with van der Waals surface area (Å²) in [4.78, 5) is 11.8. The van der Waals surface area contributed by atoms with Crippen LogP contribution in [0.4, 0.5) is 4.39 Å². The van der Waals surface area contributed by atoms with Gasteiger partial charge in [0.1, 0.15) is 5.82 Å². The number of rotatable bonds is 2. The molecule has 0 spiro atoms. The molecular weight excluding hydrogens is 239 g/mol. The van der Waals surface area contributed by atoms with Crippen molar-refractivity contribution in [3.05, 3.63) is 52.7 Å². The maximum absolute atomic E-state index is 13.1. The first-order chi connectivity index (χ1) is 8.20. The van der Waals surface area contributed by atoms with Crippen molar-refractivity contribution in [2.24, 2.45) is 0 Å². The van der Waals surface area contributed by atoms with Gasteiger partial charge in [0.25, 0.3) is 0 Å². The lowest BCUT2D eigenvalue weighted by Gasteiger charge is -2.13. The molecule has 0 amide bonds. The van der Waals surface area contributed by atoms with E-state index in [2.05, 4.69) is 4.74 Å². The van der Waals surface area contributed by atoms with Crippen LogP contribution >= 0.6 is 11.8 Å². The Balaban J connectivity index is 2.23. The van der Waals surface area contributed by atoms with Gasteiger partial charge in [-0.05, 0) is 29.3 Å². The number of methoxy groups -OCH3 is 1. The van der Waals surface area contributed by atoms with E-state index in [1.807, 2.05) is 12.1 Å². The molecule has 0 saturated heterocycles. The lowest BCUT2D eigenvalue weighted by molar-refractivity contribution is -0.135. The molecule has 0 atom stereocenters. The van der Waals surface area contributed by atoms with Gasteiger partial charge < -0.3 is 4.74 Å². The van der Waals surface area contributed by atoms with E-state index in [0.29, 0.717) is 10.7 Å². The topological polar surface area (TPSA) is 26.3 Å². The fraction of sp³-hybridized carbons (Fsp3) is 0.154. The molecule has 1 heterocycles. The van der Waals surface area contributed by atoms with Crippen molar-refractivity contribution >= 4 is 23.3 Å². The highest BCUT2D eigenvalue weighted by atomic mass is 32.2. The summed E-state index contributed by atoms with van der Waals surface area (Å²) in [6.07, 6.45) is 3.54. The highest BCUT2D eigenvalue weighted by Gasteiger charge is 2.15. The Labute approximate surface area is 103 Å². The van der Waals surface area contributed by atoms with Crippen LogP contribution in [0.1, 0.15) is 5.56 Å². The Hall–Kier alpha value is -1.55. The number of carbonyl (C=O) groups is 1. The second-order valence-corrected chi connectivity index (χ2v) is 4.53. The fourth-order valence-corrected chi connectivity index (χ4v) is 2.46. The number of allylic oxidation sites excluding steroid dienone is 2. The summed E-state index contributed by atoms with van der Waals surface area (Å²) < 4.78 is 17.7. The Morgan fingerprint density at radius 2 is 2.24 bits per heavy atom. The third-order valence-electron chi connectivity index (χ3n) is 2.40. The fourth-order valence-electron chi connectivity index (χ4n) is 1.52. The minimum Gasteiger partial charge on any atom is -0.465 e. The third-order valence-corrected chi connectivity index (χ3v) is 3.47. The van der Waals surface area contributed by atoms with E-state index in [1.165, 1.54) is 31.0 Å². The lowest BCUT2D eigenvalue weighted by atomic mass is 10.1. The van der Waals surface area contributed by atoms with E-state index in [1.54, 1.807) is 12.1 Å². The highest BCUT2D eigenvalue weighted by Crippen LogP contribution is 2.30. The lowest BCUT2D eigenvalue weighted by Crippen LogP contribution is -2.05. The number of esters is 1. The van der Waals surface area contributed by atoms with Crippen LogP contribution in [0.15, 0.2) is 41.3 Å². The van der Waals surface area contributed by atoms with Gasteiger partial charge in [-0.3, -0.25) is 0 Å². The summed E-state index contributed by atoms with van der Waals surface area (Å²) in [5, 5.41) is 0. The van der Waals surface area contributed by atoms with Gasteiger partial charge in [-0.1, -0.05) is 18.2 Å². The van der Waals surface area contributed by atoms with Gasteiger partial charge in [-0.25, -0.2) is 9.18 Å². The molecule has 0 radical (unpaired) electrons. The Morgan fingerprint density at radius 3 is 2.82 bits per heavy atom. The van der Waals surface area contributed by atoms with E-state index in [9.17, 15) is 9.18 Å². The summed E-state index contributed by atoms with van der Waals surface area (Å²) in [7, 11) is 1.36. The summed E-state index contributed by atoms with van der Waals surface area (Å²) in [5.74, 6) is 0.0605. The van der Waals surface area contributed by atoms with Crippen molar-refractivity contribution in [1.29, 1.82) is 0 Å². The molecule has 2 nitrogen and oxygen atoms in total. The SMILES string of the molecule is COC(=O)C1=CC=C(c2cccc(F)c2)CS1. The number of halogens is 1. The van der Waals surface area contributed by atoms with E-state index >= 15 is 0 Å². The number of hydrogen-bond donors (Lipinski definition) is 0. The molecule has 17 heavy (non-hydrogen) atoms. The molecule has 0 fully saturated rings. The van der Waals surface area contributed by atoms with Gasteiger partial charge in [0, 0.05) is 5.75 Å². The molecule has 2 rings (SSSR count). The number of hydrogen-bond acceptors (Lipinski definition) is 3. The second-order valence-electron chi connectivity index (χ2n) is 3.51. The normalized spacial score (nSPS) is 14.9. The molecule has 0 unspecified atom stereocenters. The number of ether oxygens (including phenoxy) is 1. The van der Waals surface area contributed by atoms with Crippen LogP contribution in [-0.2, 0) is 9.53 Å². The molecule has 1 aromatic rings. The summed E-state index contributed by atoms with van der Waals surface area (Å²) in [6.45, 7) is 0. The van der Waals surface area contributed by atoms with E-state index < -0.39 is 0 Å². The Morgan fingerprint density at radius 1 is 1.41 bits per heavy atom. The summed E-state index contributed by atoms with van der Waals surface area (Å²) >= 11 is 1.40. The van der Waals surface area contributed by atoms with E-state index in [0.717, 1.165) is 11.1 Å². The molecule has 1 aliphatic rings. The first kappa shape index (κ1) is 11.9. The predicted molar refractivity (Wildman–Crippen MR) is 66.9 cm³/mol. The molecule has 1 aromatic carbocycles. The minimum absolute atomic E-state index is 0.254. The Kier molecular flexibility index (Phi) is 3.64. The van der Waals surface area contributed by atoms with Gasteiger partial charge in [-0.15, -0.1) is 11.8 Å². The van der Waals surface area contributed by atoms with Crippen molar-refractivity contribution in [2.75, 3.05) is 12.9 Å². The smallest absolute Gasteiger partial charge is 0.344 e. The average Bonchev–Trinajstić information content (AvgIpc) is 2.38. The quantitative estimate of drug-likeness (QED) is 0.755. The van der Waals surface area contributed by atoms with Crippen LogP contribution in [-0.4, -0.2) is 18.8 Å². The van der Waals surface area contributed by atoms with Gasteiger partial charge in [0.15, 0.2) is 0 Å². The molecule has 1 aliphatic heterocycles. The standard InChI is InChI=1S/C13H11FO2S/c1-16-13(15)12-6-5-10(8-17-12)9-3-2-4-11(14)7-9/h2-7H,8H2,1H3. The van der Waals surface area contributed by atoms with Crippen LogP contribution < -0.4 is 0 Å². The zero-order valence-corrected chi connectivity index (χ0v) is 10.1. The Bertz CT molecular complexity index is 506. The summed E-state index contributed by atoms with van der Waals surface area (Å²) in [6, 6.07) is 6.43. The van der Waals surface area contributed by atoms with Crippen molar-refractivity contribution in [3.63, 3.8) is 0 Å². The first-order valence-electron chi connectivity index (χ1n) is 5.08. The van der Waals surface area contributed by atoms with Crippen molar-refractivity contribution < 1.29 is 13.9 Å². The number of benzene rings is 1. The second kappa shape index (κ2) is 5.19. The average molecular weight is 250 g/mol. The maximum Gasteiger partial charge on any atom is 0.344 e. The van der Waals surface area contributed by atoms with Crippen molar-refractivity contribution in [2.45, 2.75) is 0 Å². The van der Waals surface area contributed by atoms with Crippen LogP contribution in [0, 0.1) is 5.82 Å². The van der Waals surface area contributed by atoms with Crippen LogP contribution in [0.2, 0.25) is 0 Å². The predicted octanol–water partition coefficient (Wildman–Crippen LogP) is 3.01. The molecule has 88 valence electrons. The molecule has 0 N–H and O–H groups in total. The minimum atomic E-state index is -0.329. The zero-order chi connectivity index (χ0) is 12.3. The molecule has 0 bridgehead atoms. The zero-order valence-electron chi connectivity index (χ0n) is 9.27. The molecule has 4 heteroatoms. The monoisotopic (exact) mass is 250 g/mol. The summed E-state index contributed by atoms with van der Waals surface area (Å²) in [5.41, 5.74) is 1.85. The molecule has 0 aliphatic carbocycles. The van der Waals surface area contributed by atoms with Crippen molar-refractivity contribution in [1.82, 2.24) is 0 Å². The molecule has 0 aromatic heterocycles. The van der Waals surface area contributed by atoms with Gasteiger partial charge >= 0.3 is 5.97 Å². The highest BCUT2D eigenvalue weighted by molar-refractivity contribution is 8.04. The van der Waals surface area contributed by atoms with E-state index in [-0.39, 0.29) is 11.8 Å². The van der Waals surface area contributed by atoms with Gasteiger partial charge in [0.05, 0.1) is 12.0 Å². The van der Waals surface area contributed by atoms with E-state index in [4.69, 9.17) is 0 Å². The third kappa shape index (κ3) is 2.77. The first-order valence-corrected chi connectivity index (χ1v) is 6.07. The number of thioether (sulfide) groups is 1. The maximum atomic E-state index is 13.1. The van der Waals surface area contributed by atoms with Crippen LogP contribution in [0.25, 0.3) is 5.57 Å². The van der Waals surface area contributed by atoms with Gasteiger partial charge in [0.2, 0.25) is 0 Å². The van der Waals surface area contributed by atoms with Gasteiger partial charge in [-0.2, -0.15) is 0 Å².